The van der Waals surface area contributed by atoms with E-state index >= 15 is 0 Å². The van der Waals surface area contributed by atoms with Crippen LogP contribution in [0, 0.1) is 11.3 Å². The van der Waals surface area contributed by atoms with Gasteiger partial charge in [0.25, 0.3) is 5.91 Å². The minimum Gasteiger partial charge on any atom is -0.389 e. The molecule has 2 amide bonds. The second kappa shape index (κ2) is 5.35. The molecule has 0 bridgehead atoms. The summed E-state index contributed by atoms with van der Waals surface area (Å²) in [5.74, 6) is -0.0247. The van der Waals surface area contributed by atoms with Crippen LogP contribution in [0.3, 0.4) is 0 Å². The quantitative estimate of drug-likeness (QED) is 0.796. The summed E-state index contributed by atoms with van der Waals surface area (Å²) in [5.41, 5.74) is 0.145. The van der Waals surface area contributed by atoms with Crippen LogP contribution in [0.1, 0.15) is 39.0 Å². The topological polar surface area (TPSA) is 71.0 Å². The number of nitrogens with zero attached hydrogens (tertiary/aromatic N) is 2. The SMILES string of the molecule is CC1(C(=O)N2C[C@@H]3C(C(=O)NC4CC4)=NO[C@@H]3C2)CC=CCC1. The Labute approximate surface area is 135 Å². The number of carbonyl (C=O) groups excluding carboxylic acids is 2. The van der Waals surface area contributed by atoms with Gasteiger partial charge in [-0.2, -0.15) is 0 Å². The van der Waals surface area contributed by atoms with Gasteiger partial charge in [0.05, 0.1) is 17.9 Å². The van der Waals surface area contributed by atoms with Gasteiger partial charge in [-0.3, -0.25) is 9.59 Å². The van der Waals surface area contributed by atoms with Crippen molar-refractivity contribution in [1.82, 2.24) is 10.2 Å². The van der Waals surface area contributed by atoms with E-state index in [0.29, 0.717) is 24.8 Å². The normalized spacial score (nSPS) is 35.5. The molecule has 2 heterocycles. The monoisotopic (exact) mass is 317 g/mol. The number of hydrogen-bond donors (Lipinski definition) is 1. The molecular weight excluding hydrogens is 294 g/mol. The molecule has 1 N–H and O–H groups in total. The van der Waals surface area contributed by atoms with E-state index in [1.165, 1.54) is 0 Å². The lowest BCUT2D eigenvalue weighted by atomic mass is 9.78. The highest BCUT2D eigenvalue weighted by atomic mass is 16.6. The summed E-state index contributed by atoms with van der Waals surface area (Å²) >= 11 is 0. The first kappa shape index (κ1) is 14.7. The molecule has 0 aromatic carbocycles. The number of oxime groups is 1. The first-order chi connectivity index (χ1) is 11.1. The Morgan fingerprint density at radius 3 is 2.87 bits per heavy atom. The van der Waals surface area contributed by atoms with E-state index in [9.17, 15) is 9.59 Å². The second-order valence-corrected chi connectivity index (χ2v) is 7.46. The molecule has 6 nitrogen and oxygen atoms in total. The van der Waals surface area contributed by atoms with Gasteiger partial charge in [0, 0.05) is 12.6 Å². The maximum atomic E-state index is 12.9. The zero-order valence-electron chi connectivity index (χ0n) is 13.5. The fourth-order valence-electron chi connectivity index (χ4n) is 3.74. The van der Waals surface area contributed by atoms with Gasteiger partial charge in [-0.15, -0.1) is 0 Å². The Morgan fingerprint density at radius 1 is 1.35 bits per heavy atom. The summed E-state index contributed by atoms with van der Waals surface area (Å²) in [5, 5.41) is 6.94. The molecule has 0 radical (unpaired) electrons. The third kappa shape index (κ3) is 2.64. The summed E-state index contributed by atoms with van der Waals surface area (Å²) in [6.07, 6.45) is 8.81. The number of likely N-dealkylation sites (tertiary alicyclic amines) is 1. The van der Waals surface area contributed by atoms with Crippen LogP contribution in [-0.4, -0.2) is 47.7 Å². The molecule has 4 rings (SSSR count). The highest BCUT2D eigenvalue weighted by Crippen LogP contribution is 2.37. The first-order valence-electron chi connectivity index (χ1n) is 8.56. The molecule has 0 spiro atoms. The molecule has 2 aliphatic carbocycles. The molecule has 1 saturated carbocycles. The lowest BCUT2D eigenvalue weighted by Gasteiger charge is -2.33. The standard InChI is InChI=1S/C17H23N3O3/c1-17(7-3-2-4-8-17)16(22)20-9-12-13(10-20)23-19-14(12)15(21)18-11-5-6-11/h2-3,11-13H,4-10H2,1H3,(H,18,21)/t12-,13+,17?/m0/s1. The van der Waals surface area contributed by atoms with E-state index in [-0.39, 0.29) is 29.3 Å². The van der Waals surface area contributed by atoms with E-state index in [1.807, 2.05) is 11.8 Å². The number of fused-ring (bicyclic) bond motifs is 1. The Bertz CT molecular complexity index is 596. The summed E-state index contributed by atoms with van der Waals surface area (Å²) in [6, 6.07) is 0.302. The van der Waals surface area contributed by atoms with Crippen molar-refractivity contribution in [2.45, 2.75) is 51.2 Å². The fourth-order valence-corrected chi connectivity index (χ4v) is 3.74. The Balaban J connectivity index is 1.42. The van der Waals surface area contributed by atoms with Gasteiger partial charge in [-0.25, -0.2) is 0 Å². The summed E-state index contributed by atoms with van der Waals surface area (Å²) in [6.45, 7) is 3.12. The lowest BCUT2D eigenvalue weighted by Crippen LogP contribution is -2.43. The van der Waals surface area contributed by atoms with Gasteiger partial charge < -0.3 is 15.1 Å². The van der Waals surface area contributed by atoms with Crippen LogP contribution in [0.15, 0.2) is 17.3 Å². The Morgan fingerprint density at radius 2 is 2.17 bits per heavy atom. The zero-order chi connectivity index (χ0) is 16.0. The molecule has 1 saturated heterocycles. The van der Waals surface area contributed by atoms with Crippen molar-refractivity contribution in [3.05, 3.63) is 12.2 Å². The molecule has 0 aromatic rings. The van der Waals surface area contributed by atoms with Crippen molar-refractivity contribution in [2.24, 2.45) is 16.5 Å². The van der Waals surface area contributed by atoms with Gasteiger partial charge >= 0.3 is 0 Å². The number of allylic oxidation sites excluding steroid dienone is 2. The Hall–Kier alpha value is -1.85. The molecular formula is C17H23N3O3. The fraction of sp³-hybridized carbons (Fsp3) is 0.706. The van der Waals surface area contributed by atoms with Crippen LogP contribution in [0.25, 0.3) is 0 Å². The van der Waals surface area contributed by atoms with E-state index < -0.39 is 0 Å². The van der Waals surface area contributed by atoms with Gasteiger partial charge in [-0.1, -0.05) is 24.2 Å². The minimum atomic E-state index is -0.318. The number of amides is 2. The van der Waals surface area contributed by atoms with Gasteiger partial charge in [0.1, 0.15) is 0 Å². The van der Waals surface area contributed by atoms with E-state index in [0.717, 1.165) is 32.1 Å². The van der Waals surface area contributed by atoms with Gasteiger partial charge in [0.15, 0.2) is 11.8 Å². The molecule has 6 heteroatoms. The van der Waals surface area contributed by atoms with Crippen LogP contribution in [0.4, 0.5) is 0 Å². The van der Waals surface area contributed by atoms with Crippen molar-refractivity contribution < 1.29 is 14.4 Å². The van der Waals surface area contributed by atoms with E-state index in [2.05, 4.69) is 22.6 Å². The summed E-state index contributed by atoms with van der Waals surface area (Å²) in [4.78, 5) is 32.5. The molecule has 124 valence electrons. The smallest absolute Gasteiger partial charge is 0.269 e. The third-order valence-corrected chi connectivity index (χ3v) is 5.45. The van der Waals surface area contributed by atoms with E-state index in [4.69, 9.17) is 4.84 Å². The maximum absolute atomic E-state index is 12.9. The maximum Gasteiger partial charge on any atom is 0.269 e. The minimum absolute atomic E-state index is 0.0829. The molecule has 3 atom stereocenters. The van der Waals surface area contributed by atoms with Crippen molar-refractivity contribution in [1.29, 1.82) is 0 Å². The largest absolute Gasteiger partial charge is 0.389 e. The van der Waals surface area contributed by atoms with E-state index in [1.54, 1.807) is 0 Å². The molecule has 2 aliphatic heterocycles. The van der Waals surface area contributed by atoms with Crippen LogP contribution in [0.2, 0.25) is 0 Å². The zero-order valence-corrected chi connectivity index (χ0v) is 13.5. The lowest BCUT2D eigenvalue weighted by molar-refractivity contribution is -0.141. The number of rotatable bonds is 3. The van der Waals surface area contributed by atoms with Gasteiger partial charge in [0.2, 0.25) is 5.91 Å². The molecule has 2 fully saturated rings. The summed E-state index contributed by atoms with van der Waals surface area (Å²) in [7, 11) is 0. The van der Waals surface area contributed by atoms with Crippen LogP contribution >= 0.6 is 0 Å². The highest BCUT2D eigenvalue weighted by molar-refractivity contribution is 6.40. The first-order valence-corrected chi connectivity index (χ1v) is 8.56. The van der Waals surface area contributed by atoms with Crippen LogP contribution in [0.5, 0.6) is 0 Å². The van der Waals surface area contributed by atoms with Crippen molar-refractivity contribution in [3.8, 4) is 0 Å². The second-order valence-electron chi connectivity index (χ2n) is 7.46. The van der Waals surface area contributed by atoms with Crippen molar-refractivity contribution >= 4 is 17.5 Å². The molecule has 1 unspecified atom stereocenters. The number of nitrogens with one attached hydrogen (secondary N) is 1. The van der Waals surface area contributed by atoms with Crippen molar-refractivity contribution in [2.75, 3.05) is 13.1 Å². The highest BCUT2D eigenvalue weighted by Gasteiger charge is 2.49. The predicted molar refractivity (Wildman–Crippen MR) is 84.6 cm³/mol. The van der Waals surface area contributed by atoms with Crippen LogP contribution in [-0.2, 0) is 14.4 Å². The number of carbonyl (C=O) groups is 2. The molecule has 23 heavy (non-hydrogen) atoms. The molecule has 0 aromatic heterocycles. The predicted octanol–water partition coefficient (Wildman–Crippen LogP) is 1.22. The van der Waals surface area contributed by atoms with Crippen LogP contribution < -0.4 is 5.32 Å². The third-order valence-electron chi connectivity index (χ3n) is 5.45. The van der Waals surface area contributed by atoms with Gasteiger partial charge in [-0.05, 0) is 32.1 Å². The van der Waals surface area contributed by atoms with Crippen molar-refractivity contribution in [3.63, 3.8) is 0 Å². The summed E-state index contributed by atoms with van der Waals surface area (Å²) < 4.78 is 0. The Kier molecular flexibility index (Phi) is 3.43. The average Bonchev–Trinajstić information content (AvgIpc) is 3.10. The molecule has 4 aliphatic rings. The number of hydrogen-bond acceptors (Lipinski definition) is 4. The average molecular weight is 317 g/mol.